The number of carbonyl (C=O) groups excluding carboxylic acids is 2. The van der Waals surface area contributed by atoms with Crippen molar-refractivity contribution in [2.45, 2.75) is 58.9 Å². The molecule has 0 unspecified atom stereocenters. The van der Waals surface area contributed by atoms with Gasteiger partial charge in [-0.05, 0) is 56.7 Å². The fourth-order valence-electron chi connectivity index (χ4n) is 4.03. The first-order chi connectivity index (χ1) is 12.0. The maximum atomic E-state index is 12.5. The highest BCUT2D eigenvalue weighted by atomic mass is 16.2. The first-order valence-corrected chi connectivity index (χ1v) is 9.53. The minimum Gasteiger partial charge on any atom is -0.352 e. The van der Waals surface area contributed by atoms with Crippen LogP contribution < -0.4 is 5.32 Å². The molecule has 1 aliphatic heterocycles. The largest absolute Gasteiger partial charge is 0.352 e. The van der Waals surface area contributed by atoms with E-state index >= 15 is 0 Å². The normalized spacial score (nSPS) is 19.2. The van der Waals surface area contributed by atoms with E-state index in [1.54, 1.807) is 0 Å². The molecular formula is C20H29N3O2. The van der Waals surface area contributed by atoms with E-state index in [1.807, 2.05) is 31.0 Å². The van der Waals surface area contributed by atoms with Crippen LogP contribution in [0.25, 0.3) is 0 Å². The summed E-state index contributed by atoms with van der Waals surface area (Å²) in [5.41, 5.74) is 3.21. The lowest BCUT2D eigenvalue weighted by atomic mass is 9.94. The van der Waals surface area contributed by atoms with E-state index in [1.165, 1.54) is 12.8 Å². The first-order valence-electron chi connectivity index (χ1n) is 9.53. The average Bonchev–Trinajstić information content (AvgIpc) is 3.15. The molecule has 1 aliphatic carbocycles. The van der Waals surface area contributed by atoms with Gasteiger partial charge in [-0.3, -0.25) is 14.6 Å². The molecule has 0 spiro atoms. The van der Waals surface area contributed by atoms with Crippen molar-refractivity contribution < 1.29 is 9.59 Å². The third-order valence-electron chi connectivity index (χ3n) is 5.69. The number of aromatic nitrogens is 1. The summed E-state index contributed by atoms with van der Waals surface area (Å²) in [6.07, 6.45) is 7.84. The lowest BCUT2D eigenvalue weighted by Crippen LogP contribution is -2.44. The Hall–Kier alpha value is -1.91. The fourth-order valence-corrected chi connectivity index (χ4v) is 4.03. The van der Waals surface area contributed by atoms with E-state index in [0.29, 0.717) is 12.5 Å². The van der Waals surface area contributed by atoms with E-state index in [2.05, 4.69) is 10.3 Å². The van der Waals surface area contributed by atoms with Crippen molar-refractivity contribution in [2.75, 3.05) is 13.1 Å². The first kappa shape index (κ1) is 17.9. The summed E-state index contributed by atoms with van der Waals surface area (Å²) in [6, 6.07) is 2.04. The number of carbonyl (C=O) groups is 2. The number of aryl methyl sites for hydroxylation is 2. The van der Waals surface area contributed by atoms with Crippen molar-refractivity contribution in [3.63, 3.8) is 0 Å². The van der Waals surface area contributed by atoms with Crippen LogP contribution in [-0.4, -0.2) is 34.8 Å². The molecule has 2 aliphatic rings. The SMILES string of the molecule is Cc1cc(C)c(CNC(=O)C2CCN(C(=O)C3CCCC3)CC2)cn1. The number of piperidine rings is 1. The maximum Gasteiger partial charge on any atom is 0.225 e. The van der Waals surface area contributed by atoms with Gasteiger partial charge in [-0.15, -0.1) is 0 Å². The Bertz CT molecular complexity index is 630. The molecule has 25 heavy (non-hydrogen) atoms. The Morgan fingerprint density at radius 1 is 1.12 bits per heavy atom. The maximum absolute atomic E-state index is 12.5. The Kier molecular flexibility index (Phi) is 5.71. The number of nitrogens with zero attached hydrogens (tertiary/aromatic N) is 2. The summed E-state index contributed by atoms with van der Waals surface area (Å²) in [6.45, 7) is 5.98. The van der Waals surface area contributed by atoms with Crippen LogP contribution in [0.15, 0.2) is 12.3 Å². The van der Waals surface area contributed by atoms with Gasteiger partial charge in [-0.1, -0.05) is 12.8 Å². The third kappa shape index (κ3) is 4.39. The van der Waals surface area contributed by atoms with Gasteiger partial charge in [0.2, 0.25) is 11.8 Å². The van der Waals surface area contributed by atoms with Crippen LogP contribution >= 0.6 is 0 Å². The quantitative estimate of drug-likeness (QED) is 0.914. The molecule has 1 aromatic heterocycles. The number of amides is 2. The molecule has 2 fully saturated rings. The summed E-state index contributed by atoms with van der Waals surface area (Å²) >= 11 is 0. The highest BCUT2D eigenvalue weighted by molar-refractivity contribution is 5.81. The van der Waals surface area contributed by atoms with E-state index in [9.17, 15) is 9.59 Å². The van der Waals surface area contributed by atoms with Crippen LogP contribution in [0.1, 0.15) is 55.3 Å². The molecular weight excluding hydrogens is 314 g/mol. The van der Waals surface area contributed by atoms with Crippen molar-refractivity contribution in [1.82, 2.24) is 15.2 Å². The number of likely N-dealkylation sites (tertiary alicyclic amines) is 1. The second-order valence-electron chi connectivity index (χ2n) is 7.55. The molecule has 0 radical (unpaired) electrons. The summed E-state index contributed by atoms with van der Waals surface area (Å²) < 4.78 is 0. The van der Waals surface area contributed by atoms with Gasteiger partial charge < -0.3 is 10.2 Å². The van der Waals surface area contributed by atoms with Crippen molar-refractivity contribution >= 4 is 11.8 Å². The number of hydrogen-bond acceptors (Lipinski definition) is 3. The lowest BCUT2D eigenvalue weighted by molar-refractivity contribution is -0.139. The van der Waals surface area contributed by atoms with Gasteiger partial charge >= 0.3 is 0 Å². The van der Waals surface area contributed by atoms with Crippen molar-refractivity contribution in [3.8, 4) is 0 Å². The molecule has 2 amide bonds. The zero-order chi connectivity index (χ0) is 17.8. The molecule has 1 saturated carbocycles. The number of rotatable bonds is 4. The Morgan fingerprint density at radius 3 is 2.44 bits per heavy atom. The average molecular weight is 343 g/mol. The number of nitrogens with one attached hydrogen (secondary N) is 1. The molecule has 0 atom stereocenters. The van der Waals surface area contributed by atoms with Crippen LogP contribution in [0.2, 0.25) is 0 Å². The summed E-state index contributed by atoms with van der Waals surface area (Å²) in [4.78, 5) is 31.2. The van der Waals surface area contributed by atoms with E-state index in [4.69, 9.17) is 0 Å². The highest BCUT2D eigenvalue weighted by Crippen LogP contribution is 2.28. The van der Waals surface area contributed by atoms with E-state index in [-0.39, 0.29) is 17.7 Å². The van der Waals surface area contributed by atoms with Gasteiger partial charge in [-0.25, -0.2) is 0 Å². The fraction of sp³-hybridized carbons (Fsp3) is 0.650. The molecule has 136 valence electrons. The smallest absolute Gasteiger partial charge is 0.225 e. The molecule has 1 N–H and O–H groups in total. The zero-order valence-electron chi connectivity index (χ0n) is 15.4. The van der Waals surface area contributed by atoms with Gasteiger partial charge in [-0.2, -0.15) is 0 Å². The van der Waals surface area contributed by atoms with Crippen LogP contribution in [0.3, 0.4) is 0 Å². The van der Waals surface area contributed by atoms with Crippen molar-refractivity contribution in [1.29, 1.82) is 0 Å². The molecule has 1 aromatic rings. The van der Waals surface area contributed by atoms with Crippen molar-refractivity contribution in [2.24, 2.45) is 11.8 Å². The Morgan fingerprint density at radius 2 is 1.80 bits per heavy atom. The molecule has 0 aromatic carbocycles. The summed E-state index contributed by atoms with van der Waals surface area (Å²) in [7, 11) is 0. The van der Waals surface area contributed by atoms with Crippen molar-refractivity contribution in [3.05, 3.63) is 29.1 Å². The molecule has 5 nitrogen and oxygen atoms in total. The van der Waals surface area contributed by atoms with Gasteiger partial charge in [0.1, 0.15) is 0 Å². The minimum absolute atomic E-state index is 0.0198. The van der Waals surface area contributed by atoms with E-state index < -0.39 is 0 Å². The highest BCUT2D eigenvalue weighted by Gasteiger charge is 2.31. The minimum atomic E-state index is 0.0198. The second-order valence-corrected chi connectivity index (χ2v) is 7.55. The number of pyridine rings is 1. The van der Waals surface area contributed by atoms with Gasteiger partial charge in [0.05, 0.1) is 0 Å². The van der Waals surface area contributed by atoms with Gasteiger partial charge in [0, 0.05) is 43.4 Å². The Balaban J connectivity index is 1.45. The van der Waals surface area contributed by atoms with Crippen LogP contribution in [0.4, 0.5) is 0 Å². The molecule has 0 bridgehead atoms. The molecule has 3 rings (SSSR count). The topological polar surface area (TPSA) is 62.3 Å². The Labute approximate surface area is 150 Å². The third-order valence-corrected chi connectivity index (χ3v) is 5.69. The number of hydrogen-bond donors (Lipinski definition) is 1. The second kappa shape index (κ2) is 7.98. The van der Waals surface area contributed by atoms with Crippen LogP contribution in [0.5, 0.6) is 0 Å². The molecule has 2 heterocycles. The lowest BCUT2D eigenvalue weighted by Gasteiger charge is -2.33. The van der Waals surface area contributed by atoms with Gasteiger partial charge in [0.25, 0.3) is 0 Å². The predicted octanol–water partition coefficient (Wildman–Crippen LogP) is 2.74. The van der Waals surface area contributed by atoms with Crippen LogP contribution in [0, 0.1) is 25.7 Å². The predicted molar refractivity (Wildman–Crippen MR) is 96.8 cm³/mol. The molecule has 5 heteroatoms. The standard InChI is InChI=1S/C20H29N3O2/c1-14-11-15(2)21-12-18(14)13-22-19(24)16-7-9-23(10-8-16)20(25)17-5-3-4-6-17/h11-12,16-17H,3-10,13H2,1-2H3,(H,22,24). The van der Waals surface area contributed by atoms with Crippen LogP contribution in [-0.2, 0) is 16.1 Å². The monoisotopic (exact) mass is 343 g/mol. The van der Waals surface area contributed by atoms with Gasteiger partial charge in [0.15, 0.2) is 0 Å². The summed E-state index contributed by atoms with van der Waals surface area (Å²) in [5.74, 6) is 0.680. The summed E-state index contributed by atoms with van der Waals surface area (Å²) in [5, 5.41) is 3.05. The molecule has 1 saturated heterocycles. The zero-order valence-corrected chi connectivity index (χ0v) is 15.4. The van der Waals surface area contributed by atoms with E-state index in [0.717, 1.165) is 55.6 Å².